The van der Waals surface area contributed by atoms with Gasteiger partial charge in [0.15, 0.2) is 0 Å². The standard InChI is InChI=1S/C20H21F3N6O3S/c21-20(22,23)19-26-18(27-32-19)13-4-8-17(9-5-13)33(30,31)29(14-6-7-14)16-3-1-2-15(10-16)28-11-24-25-12-28/h4-5,8-9,11-12,14-16H,1-3,6-7,10H2/t15-,16+/m1/s1. The van der Waals surface area contributed by atoms with E-state index in [2.05, 4.69) is 24.9 Å². The highest BCUT2D eigenvalue weighted by Crippen LogP contribution is 2.40. The first-order valence-corrected chi connectivity index (χ1v) is 12.1. The maximum Gasteiger partial charge on any atom is 0.471 e. The normalized spacial score (nSPS) is 22.1. The lowest BCUT2D eigenvalue weighted by Crippen LogP contribution is -2.44. The molecule has 13 heteroatoms. The van der Waals surface area contributed by atoms with Crippen molar-refractivity contribution in [1.29, 1.82) is 0 Å². The van der Waals surface area contributed by atoms with Gasteiger partial charge >= 0.3 is 12.1 Å². The highest BCUT2D eigenvalue weighted by atomic mass is 32.2. The summed E-state index contributed by atoms with van der Waals surface area (Å²) in [4.78, 5) is 3.44. The molecule has 0 unspecified atom stereocenters. The molecule has 2 aromatic heterocycles. The lowest BCUT2D eigenvalue weighted by atomic mass is 9.91. The van der Waals surface area contributed by atoms with Gasteiger partial charge in [0.1, 0.15) is 12.7 Å². The van der Waals surface area contributed by atoms with Crippen molar-refractivity contribution in [2.75, 3.05) is 0 Å². The summed E-state index contributed by atoms with van der Waals surface area (Å²) in [6, 6.07) is 5.50. The molecule has 2 fully saturated rings. The van der Waals surface area contributed by atoms with Crippen LogP contribution in [0, 0.1) is 0 Å². The summed E-state index contributed by atoms with van der Waals surface area (Å²) in [5.41, 5.74) is 0.233. The van der Waals surface area contributed by atoms with Crippen molar-refractivity contribution in [3.63, 3.8) is 0 Å². The van der Waals surface area contributed by atoms with Gasteiger partial charge in [0.05, 0.1) is 4.90 Å². The van der Waals surface area contributed by atoms with Crippen LogP contribution in [0.4, 0.5) is 13.2 Å². The molecule has 0 saturated heterocycles. The van der Waals surface area contributed by atoms with Crippen LogP contribution in [-0.2, 0) is 16.2 Å². The van der Waals surface area contributed by atoms with Crippen LogP contribution in [0.15, 0.2) is 46.3 Å². The Bertz CT molecular complexity index is 1210. The Morgan fingerprint density at radius 2 is 1.70 bits per heavy atom. The second kappa shape index (κ2) is 8.20. The maximum absolute atomic E-state index is 13.6. The average molecular weight is 482 g/mol. The van der Waals surface area contributed by atoms with Gasteiger partial charge < -0.3 is 9.09 Å². The van der Waals surface area contributed by atoms with Crippen molar-refractivity contribution in [2.45, 2.75) is 67.7 Å². The van der Waals surface area contributed by atoms with Crippen LogP contribution < -0.4 is 0 Å². The van der Waals surface area contributed by atoms with E-state index in [1.807, 2.05) is 4.57 Å². The number of sulfonamides is 1. The summed E-state index contributed by atoms with van der Waals surface area (Å²) < 4.78 is 73.1. The lowest BCUT2D eigenvalue weighted by molar-refractivity contribution is -0.159. The third-order valence-corrected chi connectivity index (χ3v) is 8.12. The molecular weight excluding hydrogens is 461 g/mol. The molecule has 0 amide bonds. The minimum absolute atomic E-state index is 0.0362. The zero-order valence-corrected chi connectivity index (χ0v) is 18.2. The number of nitrogens with zero attached hydrogens (tertiary/aromatic N) is 6. The molecule has 2 aliphatic rings. The number of benzene rings is 1. The lowest BCUT2D eigenvalue weighted by Gasteiger charge is -2.37. The minimum atomic E-state index is -4.75. The zero-order chi connectivity index (χ0) is 23.2. The summed E-state index contributed by atoms with van der Waals surface area (Å²) in [5, 5.41) is 11.1. The Balaban J connectivity index is 1.38. The van der Waals surface area contributed by atoms with Crippen LogP contribution >= 0.6 is 0 Å². The highest BCUT2D eigenvalue weighted by molar-refractivity contribution is 7.89. The largest absolute Gasteiger partial charge is 0.471 e. The maximum atomic E-state index is 13.6. The van der Waals surface area contributed by atoms with Crippen LogP contribution in [0.5, 0.6) is 0 Å². The van der Waals surface area contributed by atoms with E-state index in [0.717, 1.165) is 32.1 Å². The minimum Gasteiger partial charge on any atom is -0.329 e. The van der Waals surface area contributed by atoms with E-state index in [1.54, 1.807) is 17.0 Å². The van der Waals surface area contributed by atoms with Crippen molar-refractivity contribution >= 4 is 10.0 Å². The summed E-state index contributed by atoms with van der Waals surface area (Å²) in [7, 11) is -3.80. The number of aromatic nitrogens is 5. The molecule has 2 saturated carbocycles. The molecule has 0 spiro atoms. The molecule has 1 aromatic carbocycles. The quantitative estimate of drug-likeness (QED) is 0.527. The molecule has 5 rings (SSSR count). The Morgan fingerprint density at radius 3 is 2.30 bits per heavy atom. The first-order chi connectivity index (χ1) is 15.7. The predicted octanol–water partition coefficient (Wildman–Crippen LogP) is 3.68. The fourth-order valence-electron chi connectivity index (χ4n) is 4.41. The highest BCUT2D eigenvalue weighted by Gasteiger charge is 2.44. The molecule has 0 aliphatic heterocycles. The van der Waals surface area contributed by atoms with Crippen LogP contribution in [-0.4, -0.2) is 49.7 Å². The number of hydrogen-bond donors (Lipinski definition) is 0. The van der Waals surface area contributed by atoms with Gasteiger partial charge in [-0.1, -0.05) is 5.16 Å². The van der Waals surface area contributed by atoms with Gasteiger partial charge in [-0.3, -0.25) is 0 Å². The zero-order valence-electron chi connectivity index (χ0n) is 17.4. The Morgan fingerprint density at radius 1 is 1.00 bits per heavy atom. The van der Waals surface area contributed by atoms with E-state index in [9.17, 15) is 21.6 Å². The van der Waals surface area contributed by atoms with Gasteiger partial charge in [0, 0.05) is 23.7 Å². The molecule has 3 aromatic rings. The number of halogens is 3. The molecule has 9 nitrogen and oxygen atoms in total. The Labute approximate surface area is 187 Å². The smallest absolute Gasteiger partial charge is 0.329 e. The summed E-state index contributed by atoms with van der Waals surface area (Å²) in [5.74, 6) is -1.71. The molecule has 2 heterocycles. The van der Waals surface area contributed by atoms with Crippen LogP contribution in [0.1, 0.15) is 50.5 Å². The van der Waals surface area contributed by atoms with Crippen LogP contribution in [0.3, 0.4) is 0 Å². The van der Waals surface area contributed by atoms with E-state index in [1.165, 1.54) is 24.3 Å². The molecule has 0 N–H and O–H groups in total. The molecule has 2 atom stereocenters. The van der Waals surface area contributed by atoms with E-state index >= 15 is 0 Å². The van der Waals surface area contributed by atoms with E-state index in [-0.39, 0.29) is 34.4 Å². The molecule has 176 valence electrons. The van der Waals surface area contributed by atoms with Crippen molar-refractivity contribution in [3.05, 3.63) is 42.8 Å². The SMILES string of the molecule is O=S(=O)(c1ccc(-c2noc(C(F)(F)F)n2)cc1)N(C1CC1)[C@H]1CCC[C@@H](n2cnnc2)C1. The molecule has 2 aliphatic carbocycles. The second-order valence-electron chi connectivity index (χ2n) is 8.39. The van der Waals surface area contributed by atoms with Gasteiger partial charge in [-0.25, -0.2) is 8.42 Å². The average Bonchev–Trinajstić information content (AvgIpc) is 3.26. The third-order valence-electron chi connectivity index (χ3n) is 6.10. The molecular formula is C20H21F3N6O3S. The molecule has 33 heavy (non-hydrogen) atoms. The number of hydrogen-bond acceptors (Lipinski definition) is 7. The van der Waals surface area contributed by atoms with Gasteiger partial charge in [-0.2, -0.15) is 22.5 Å². The fourth-order valence-corrected chi connectivity index (χ4v) is 6.32. The van der Waals surface area contributed by atoms with Crippen molar-refractivity contribution in [2.24, 2.45) is 0 Å². The van der Waals surface area contributed by atoms with E-state index in [0.29, 0.717) is 6.42 Å². The van der Waals surface area contributed by atoms with Crippen LogP contribution in [0.2, 0.25) is 0 Å². The first-order valence-electron chi connectivity index (χ1n) is 10.6. The number of rotatable bonds is 6. The molecule has 0 radical (unpaired) electrons. The van der Waals surface area contributed by atoms with Crippen molar-refractivity contribution < 1.29 is 26.1 Å². The van der Waals surface area contributed by atoms with E-state index < -0.39 is 22.1 Å². The summed E-state index contributed by atoms with van der Waals surface area (Å²) >= 11 is 0. The first kappa shape index (κ1) is 22.0. The second-order valence-corrected chi connectivity index (χ2v) is 10.2. The number of alkyl halides is 3. The Kier molecular flexibility index (Phi) is 5.47. The van der Waals surface area contributed by atoms with Gasteiger partial charge in [0.25, 0.3) is 0 Å². The van der Waals surface area contributed by atoms with Crippen molar-refractivity contribution in [3.8, 4) is 11.4 Å². The Hall–Kier alpha value is -2.80. The van der Waals surface area contributed by atoms with Gasteiger partial charge in [0.2, 0.25) is 15.8 Å². The predicted molar refractivity (Wildman–Crippen MR) is 108 cm³/mol. The van der Waals surface area contributed by atoms with Gasteiger partial charge in [-0.15, -0.1) is 10.2 Å². The van der Waals surface area contributed by atoms with E-state index in [4.69, 9.17) is 0 Å². The summed E-state index contributed by atoms with van der Waals surface area (Å²) in [6.45, 7) is 0. The fraction of sp³-hybridized carbons (Fsp3) is 0.500. The molecule has 0 bridgehead atoms. The third kappa shape index (κ3) is 4.38. The topological polar surface area (TPSA) is 107 Å². The van der Waals surface area contributed by atoms with Gasteiger partial charge in [-0.05, 0) is 62.8 Å². The summed E-state index contributed by atoms with van der Waals surface area (Å²) in [6.07, 6.45) is 3.47. The van der Waals surface area contributed by atoms with Crippen LogP contribution in [0.25, 0.3) is 11.4 Å². The van der Waals surface area contributed by atoms with Crippen molar-refractivity contribution in [1.82, 2.24) is 29.2 Å². The monoisotopic (exact) mass is 482 g/mol.